The molecule has 2 aromatic rings. The summed E-state index contributed by atoms with van der Waals surface area (Å²) in [6.07, 6.45) is 0.584. The van der Waals surface area contributed by atoms with Crippen LogP contribution in [0.1, 0.15) is 46.4 Å². The second kappa shape index (κ2) is 10.0. The van der Waals surface area contributed by atoms with Crippen LogP contribution in [-0.2, 0) is 6.42 Å². The molecule has 0 spiro atoms. The third-order valence-corrected chi connectivity index (χ3v) is 7.29. The maximum Gasteiger partial charge on any atom is 0.261 e. The van der Waals surface area contributed by atoms with Crippen LogP contribution in [0.4, 0.5) is 15.1 Å². The van der Waals surface area contributed by atoms with Gasteiger partial charge in [-0.2, -0.15) is 0 Å². The van der Waals surface area contributed by atoms with E-state index in [-0.39, 0.29) is 22.9 Å². The number of nitrogens with one attached hydrogen (secondary N) is 2. The number of hydrogen-bond donors (Lipinski definition) is 2. The van der Waals surface area contributed by atoms with Crippen LogP contribution in [0.2, 0.25) is 0 Å². The van der Waals surface area contributed by atoms with Crippen molar-refractivity contribution in [3.63, 3.8) is 0 Å². The zero-order valence-corrected chi connectivity index (χ0v) is 22.1. The Balaban J connectivity index is 2.11. The topological polar surface area (TPSA) is 64.7 Å². The quantitative estimate of drug-likeness (QED) is 0.478. The molecular formula is C23H30FIN4O2S. The Kier molecular flexibility index (Phi) is 7.82. The summed E-state index contributed by atoms with van der Waals surface area (Å²) in [6, 6.07) is 4.90. The van der Waals surface area contributed by atoms with Crippen molar-refractivity contribution in [1.29, 1.82) is 0 Å². The monoisotopic (exact) mass is 572 g/mol. The number of hydrogen-bond acceptors (Lipinski definition) is 5. The molecule has 2 amide bonds. The minimum atomic E-state index is -0.399. The lowest BCUT2D eigenvalue weighted by atomic mass is 9.85. The zero-order chi connectivity index (χ0) is 23.6. The van der Waals surface area contributed by atoms with Gasteiger partial charge in [0.05, 0.1) is 16.1 Å². The number of fused-ring (bicyclic) bond motifs is 1. The largest absolute Gasteiger partial charge is 0.351 e. The van der Waals surface area contributed by atoms with E-state index < -0.39 is 5.82 Å². The van der Waals surface area contributed by atoms with Crippen LogP contribution in [0.15, 0.2) is 18.2 Å². The molecule has 9 heteroatoms. The van der Waals surface area contributed by atoms with E-state index in [1.54, 1.807) is 17.0 Å². The number of benzene rings is 1. The van der Waals surface area contributed by atoms with Gasteiger partial charge in [-0.05, 0) is 79.2 Å². The van der Waals surface area contributed by atoms with E-state index in [4.69, 9.17) is 0 Å². The Bertz CT molecular complexity index is 1020. The molecule has 1 aliphatic heterocycles. The highest BCUT2D eigenvalue weighted by molar-refractivity contribution is 14.1. The summed E-state index contributed by atoms with van der Waals surface area (Å²) < 4.78 is 15.4. The number of nitrogens with zero attached hydrogens (tertiary/aromatic N) is 2. The molecule has 0 aliphatic carbocycles. The fourth-order valence-corrected chi connectivity index (χ4v) is 5.26. The summed E-state index contributed by atoms with van der Waals surface area (Å²) in [5.41, 5.74) is 1.31. The molecular weight excluding hydrogens is 542 g/mol. The zero-order valence-electron chi connectivity index (χ0n) is 19.1. The van der Waals surface area contributed by atoms with Gasteiger partial charge in [0.15, 0.2) is 0 Å². The van der Waals surface area contributed by atoms with Gasteiger partial charge in [-0.1, -0.05) is 13.8 Å². The van der Waals surface area contributed by atoms with Gasteiger partial charge < -0.3 is 20.4 Å². The van der Waals surface area contributed by atoms with Crippen LogP contribution >= 0.6 is 33.9 Å². The molecule has 0 radical (unpaired) electrons. The summed E-state index contributed by atoms with van der Waals surface area (Å²) in [5, 5.41) is 6.60. The number of carbonyl (C=O) groups is 2. The molecule has 0 unspecified atom stereocenters. The Morgan fingerprint density at radius 3 is 2.66 bits per heavy atom. The summed E-state index contributed by atoms with van der Waals surface area (Å²) >= 11 is 3.28. The molecule has 174 valence electrons. The van der Waals surface area contributed by atoms with Gasteiger partial charge in [0.2, 0.25) is 0 Å². The molecule has 0 fully saturated rings. The second-order valence-electron chi connectivity index (χ2n) is 9.07. The summed E-state index contributed by atoms with van der Waals surface area (Å²) in [7, 11) is 3.93. The number of anilines is 2. The second-order valence-corrected chi connectivity index (χ2v) is 11.3. The summed E-state index contributed by atoms with van der Waals surface area (Å²) in [4.78, 5) is 31.0. The number of rotatable bonds is 7. The molecule has 2 heterocycles. The lowest BCUT2D eigenvalue weighted by Crippen LogP contribution is -2.37. The molecule has 0 saturated carbocycles. The van der Waals surface area contributed by atoms with E-state index >= 15 is 0 Å². The van der Waals surface area contributed by atoms with Crippen LogP contribution in [0, 0.1) is 14.8 Å². The highest BCUT2D eigenvalue weighted by Gasteiger charge is 2.35. The number of carbonyl (C=O) groups excluding carboxylic acids is 2. The maximum atomic E-state index is 14.6. The molecule has 0 bridgehead atoms. The van der Waals surface area contributed by atoms with Gasteiger partial charge >= 0.3 is 0 Å². The molecule has 3 rings (SSSR count). The minimum absolute atomic E-state index is 0.134. The highest BCUT2D eigenvalue weighted by atomic mass is 127. The van der Waals surface area contributed by atoms with Gasteiger partial charge in [0.25, 0.3) is 11.8 Å². The first-order valence-corrected chi connectivity index (χ1v) is 12.5. The number of halogens is 2. The highest BCUT2D eigenvalue weighted by Crippen LogP contribution is 2.41. The van der Waals surface area contributed by atoms with E-state index in [1.165, 1.54) is 17.4 Å². The first-order valence-electron chi connectivity index (χ1n) is 10.6. The van der Waals surface area contributed by atoms with E-state index in [0.29, 0.717) is 41.5 Å². The average molecular weight is 572 g/mol. The van der Waals surface area contributed by atoms with Crippen molar-refractivity contribution in [2.45, 2.75) is 27.2 Å². The van der Waals surface area contributed by atoms with Crippen LogP contribution in [-0.4, -0.2) is 61.9 Å². The van der Waals surface area contributed by atoms with Crippen molar-refractivity contribution < 1.29 is 14.0 Å². The molecule has 1 aromatic heterocycles. The van der Waals surface area contributed by atoms with Gasteiger partial charge in [0.1, 0.15) is 10.8 Å². The van der Waals surface area contributed by atoms with Gasteiger partial charge in [-0.3, -0.25) is 9.59 Å². The Hall–Kier alpha value is -1.72. The van der Waals surface area contributed by atoms with E-state index in [2.05, 4.69) is 47.1 Å². The van der Waals surface area contributed by atoms with Crippen molar-refractivity contribution in [3.05, 3.63) is 43.6 Å². The third kappa shape index (κ3) is 5.60. The van der Waals surface area contributed by atoms with Crippen molar-refractivity contribution in [2.24, 2.45) is 5.41 Å². The van der Waals surface area contributed by atoms with E-state index in [0.717, 1.165) is 15.7 Å². The van der Waals surface area contributed by atoms with E-state index in [9.17, 15) is 14.0 Å². The van der Waals surface area contributed by atoms with Crippen LogP contribution < -0.4 is 10.6 Å². The molecule has 1 aliphatic rings. The average Bonchev–Trinajstić information content (AvgIpc) is 3.00. The molecule has 0 atom stereocenters. The van der Waals surface area contributed by atoms with Gasteiger partial charge in [-0.25, -0.2) is 4.39 Å². The lowest BCUT2D eigenvalue weighted by Gasteiger charge is -2.26. The lowest BCUT2D eigenvalue weighted by molar-refractivity contribution is 0.0754. The van der Waals surface area contributed by atoms with Crippen LogP contribution in [0.3, 0.4) is 0 Å². The number of amides is 2. The Morgan fingerprint density at radius 1 is 1.31 bits per heavy atom. The van der Waals surface area contributed by atoms with Gasteiger partial charge in [-0.15, -0.1) is 11.3 Å². The molecule has 1 aromatic carbocycles. The fraction of sp³-hybridized carbons (Fsp3) is 0.478. The predicted molar refractivity (Wildman–Crippen MR) is 137 cm³/mol. The van der Waals surface area contributed by atoms with Crippen molar-refractivity contribution in [3.8, 4) is 0 Å². The number of likely N-dealkylation sites (N-methyl/N-ethyl adjacent to an activating group) is 2. The smallest absolute Gasteiger partial charge is 0.261 e. The summed E-state index contributed by atoms with van der Waals surface area (Å²) in [5.74, 6) is -0.716. The molecule has 32 heavy (non-hydrogen) atoms. The van der Waals surface area contributed by atoms with Crippen LogP contribution in [0.25, 0.3) is 0 Å². The first-order chi connectivity index (χ1) is 15.0. The molecule has 0 saturated heterocycles. The number of thiophene rings is 1. The Morgan fingerprint density at radius 2 is 2.03 bits per heavy atom. The Labute approximate surface area is 206 Å². The molecule has 2 N–H and O–H groups in total. The molecule has 6 nitrogen and oxygen atoms in total. The van der Waals surface area contributed by atoms with E-state index in [1.807, 2.05) is 25.9 Å². The standard InChI is InChI=1S/C23H30FIN4O2S/c1-6-29(10-9-28(4)5)22(31)18-15-12-23(2,3)13-26-20(30)19(15)32-21(18)27-17-8-7-14(25)11-16(17)24/h7-8,11,27H,6,9-10,12-13H2,1-5H3,(H,26,30). The van der Waals surface area contributed by atoms with Crippen LogP contribution in [0.5, 0.6) is 0 Å². The first kappa shape index (κ1) is 24.9. The van der Waals surface area contributed by atoms with Crippen molar-refractivity contribution >= 4 is 56.4 Å². The van der Waals surface area contributed by atoms with Crippen molar-refractivity contribution in [1.82, 2.24) is 15.1 Å². The van der Waals surface area contributed by atoms with Crippen molar-refractivity contribution in [2.75, 3.05) is 45.6 Å². The maximum absolute atomic E-state index is 14.6. The summed E-state index contributed by atoms with van der Waals surface area (Å²) in [6.45, 7) is 8.47. The normalized spacial score (nSPS) is 15.2. The minimum Gasteiger partial charge on any atom is -0.351 e. The fourth-order valence-electron chi connectivity index (χ4n) is 3.67. The van der Waals surface area contributed by atoms with Gasteiger partial charge in [0, 0.05) is 29.7 Å². The third-order valence-electron chi connectivity index (χ3n) is 5.48. The SMILES string of the molecule is CCN(CCN(C)C)C(=O)c1c(Nc2ccc(I)cc2F)sc2c1CC(C)(C)CNC2=O. The predicted octanol–water partition coefficient (Wildman–Crippen LogP) is 4.57.